The molecule has 5 rings (SSSR count). The van der Waals surface area contributed by atoms with E-state index in [1.54, 1.807) is 0 Å². The van der Waals surface area contributed by atoms with Gasteiger partial charge in [0.2, 0.25) is 0 Å². The van der Waals surface area contributed by atoms with Gasteiger partial charge in [-0.1, -0.05) is 82.3 Å². The van der Waals surface area contributed by atoms with E-state index in [-0.39, 0.29) is 0 Å². The van der Waals surface area contributed by atoms with Crippen molar-refractivity contribution in [2.75, 3.05) is 89.3 Å². The SMILES string of the molecule is CCC.CCC[N+]1(C)CCN(c2ccc(C)cc2)CC1.Cc1ccc(N2CC[N+](C)(CC3CCC(C)CC3)CC2)cc1. The number of hydrogen-bond donors (Lipinski definition) is 0. The Bertz CT molecular complexity index is 990. The van der Waals surface area contributed by atoms with Crippen LogP contribution in [0.1, 0.15) is 77.3 Å². The maximum atomic E-state index is 2.57. The van der Waals surface area contributed by atoms with Crippen LogP contribution in [0.15, 0.2) is 48.5 Å². The normalized spacial score (nSPS) is 23.2. The van der Waals surface area contributed by atoms with Gasteiger partial charge in [-0.25, -0.2) is 0 Å². The molecule has 0 atom stereocenters. The lowest BCUT2D eigenvalue weighted by molar-refractivity contribution is -0.913. The van der Waals surface area contributed by atoms with Crippen molar-refractivity contribution in [2.45, 2.75) is 80.1 Å². The average molecular weight is 579 g/mol. The van der Waals surface area contributed by atoms with Crippen LogP contribution in [-0.4, -0.2) is 88.5 Å². The summed E-state index contributed by atoms with van der Waals surface area (Å²) in [5.41, 5.74) is 5.49. The molecule has 42 heavy (non-hydrogen) atoms. The molecule has 3 fully saturated rings. The van der Waals surface area contributed by atoms with Crippen molar-refractivity contribution >= 4 is 11.4 Å². The summed E-state index contributed by atoms with van der Waals surface area (Å²) >= 11 is 0. The zero-order chi connectivity index (χ0) is 30.6. The minimum absolute atomic E-state index is 0.972. The molecule has 1 aliphatic carbocycles. The fourth-order valence-electron chi connectivity index (χ4n) is 7.00. The molecule has 2 aliphatic heterocycles. The maximum absolute atomic E-state index is 2.57. The summed E-state index contributed by atoms with van der Waals surface area (Å²) in [6.45, 7) is 26.0. The third-order valence-electron chi connectivity index (χ3n) is 10.0. The molecule has 0 unspecified atom stereocenters. The van der Waals surface area contributed by atoms with Gasteiger partial charge in [0.05, 0.1) is 79.5 Å². The number of hydrogen-bond acceptors (Lipinski definition) is 2. The zero-order valence-corrected chi connectivity index (χ0v) is 28.9. The Kier molecular flexibility index (Phi) is 13.7. The third kappa shape index (κ3) is 10.9. The maximum Gasteiger partial charge on any atom is 0.0963 e. The second-order valence-electron chi connectivity index (χ2n) is 14.5. The third-order valence-corrected chi connectivity index (χ3v) is 10.0. The van der Waals surface area contributed by atoms with E-state index >= 15 is 0 Å². The van der Waals surface area contributed by atoms with Gasteiger partial charge < -0.3 is 18.8 Å². The minimum atomic E-state index is 0.972. The predicted octanol–water partition coefficient (Wildman–Crippen LogP) is 8.18. The van der Waals surface area contributed by atoms with Crippen LogP contribution in [0, 0.1) is 25.7 Å². The number of anilines is 2. The van der Waals surface area contributed by atoms with Crippen molar-refractivity contribution in [1.82, 2.24) is 0 Å². The van der Waals surface area contributed by atoms with Crippen LogP contribution < -0.4 is 9.80 Å². The van der Waals surface area contributed by atoms with Crippen molar-refractivity contribution in [3.05, 3.63) is 59.7 Å². The summed E-state index contributed by atoms with van der Waals surface area (Å²) in [5.74, 6) is 1.95. The van der Waals surface area contributed by atoms with E-state index in [0.29, 0.717) is 0 Å². The molecule has 4 heteroatoms. The molecule has 3 aliphatic rings. The van der Waals surface area contributed by atoms with Gasteiger partial charge in [0.15, 0.2) is 0 Å². The van der Waals surface area contributed by atoms with Crippen molar-refractivity contribution in [1.29, 1.82) is 0 Å². The lowest BCUT2D eigenvalue weighted by atomic mass is 9.82. The van der Waals surface area contributed by atoms with Gasteiger partial charge in [-0.2, -0.15) is 0 Å². The second-order valence-corrected chi connectivity index (χ2v) is 14.5. The minimum Gasteiger partial charge on any atom is -0.360 e. The second kappa shape index (κ2) is 16.7. The predicted molar refractivity (Wildman–Crippen MR) is 186 cm³/mol. The van der Waals surface area contributed by atoms with Crippen LogP contribution in [0.2, 0.25) is 0 Å². The summed E-state index contributed by atoms with van der Waals surface area (Å²) in [4.78, 5) is 5.09. The molecule has 2 aromatic carbocycles. The van der Waals surface area contributed by atoms with E-state index < -0.39 is 0 Å². The summed E-state index contributed by atoms with van der Waals surface area (Å²) in [6.07, 6.45) is 8.40. The van der Waals surface area contributed by atoms with Crippen LogP contribution in [0.3, 0.4) is 0 Å². The lowest BCUT2D eigenvalue weighted by Crippen LogP contribution is -2.59. The molecule has 1 saturated carbocycles. The fourth-order valence-corrected chi connectivity index (χ4v) is 7.00. The molecule has 0 aromatic heterocycles. The largest absolute Gasteiger partial charge is 0.360 e. The van der Waals surface area contributed by atoms with E-state index in [4.69, 9.17) is 0 Å². The van der Waals surface area contributed by atoms with Gasteiger partial charge in [-0.05, 0) is 63.3 Å². The first-order chi connectivity index (χ1) is 20.1. The molecular formula is C38H66N4+2. The van der Waals surface area contributed by atoms with Crippen LogP contribution in [0.5, 0.6) is 0 Å². The molecule has 0 N–H and O–H groups in total. The van der Waals surface area contributed by atoms with Gasteiger partial charge in [0, 0.05) is 17.3 Å². The topological polar surface area (TPSA) is 6.48 Å². The average Bonchev–Trinajstić information content (AvgIpc) is 2.97. The lowest BCUT2D eigenvalue weighted by Gasteiger charge is -2.45. The van der Waals surface area contributed by atoms with E-state index in [1.807, 2.05) is 0 Å². The monoisotopic (exact) mass is 579 g/mol. The van der Waals surface area contributed by atoms with E-state index in [9.17, 15) is 0 Å². The molecule has 2 aromatic rings. The van der Waals surface area contributed by atoms with Crippen molar-refractivity contribution in [3.8, 4) is 0 Å². The number of benzene rings is 2. The van der Waals surface area contributed by atoms with Gasteiger partial charge in [-0.15, -0.1) is 0 Å². The van der Waals surface area contributed by atoms with Crippen LogP contribution >= 0.6 is 0 Å². The van der Waals surface area contributed by atoms with Gasteiger partial charge in [0.25, 0.3) is 0 Å². The Morgan fingerprint density at radius 3 is 1.38 bits per heavy atom. The summed E-state index contributed by atoms with van der Waals surface area (Å²) in [6, 6.07) is 18.0. The molecule has 0 radical (unpaired) electrons. The van der Waals surface area contributed by atoms with E-state index in [0.717, 1.165) is 11.8 Å². The van der Waals surface area contributed by atoms with Gasteiger partial charge in [-0.3, -0.25) is 0 Å². The van der Waals surface area contributed by atoms with Crippen LogP contribution in [-0.2, 0) is 0 Å². The summed E-state index contributed by atoms with van der Waals surface area (Å²) < 4.78 is 2.54. The molecule has 0 bridgehead atoms. The molecule has 4 nitrogen and oxygen atoms in total. The highest BCUT2D eigenvalue weighted by atomic mass is 15.4. The first kappa shape index (κ1) is 34.5. The zero-order valence-electron chi connectivity index (χ0n) is 28.9. The van der Waals surface area contributed by atoms with Crippen LogP contribution in [0.25, 0.3) is 0 Å². The van der Waals surface area contributed by atoms with Crippen LogP contribution in [0.4, 0.5) is 11.4 Å². The highest BCUT2D eigenvalue weighted by Crippen LogP contribution is 2.31. The molecule has 2 heterocycles. The van der Waals surface area contributed by atoms with E-state index in [2.05, 4.69) is 114 Å². The summed E-state index contributed by atoms with van der Waals surface area (Å²) in [7, 11) is 4.89. The molecule has 0 amide bonds. The molecular weight excluding hydrogens is 512 g/mol. The van der Waals surface area contributed by atoms with Gasteiger partial charge >= 0.3 is 0 Å². The Hall–Kier alpha value is -2.04. The van der Waals surface area contributed by atoms with E-state index in [1.165, 1.54) is 135 Å². The Morgan fingerprint density at radius 1 is 0.619 bits per heavy atom. The molecule has 0 spiro atoms. The highest BCUT2D eigenvalue weighted by molar-refractivity contribution is 5.48. The highest BCUT2D eigenvalue weighted by Gasteiger charge is 2.33. The summed E-state index contributed by atoms with van der Waals surface area (Å²) in [5, 5.41) is 0. The van der Waals surface area contributed by atoms with Crippen molar-refractivity contribution < 1.29 is 8.97 Å². The van der Waals surface area contributed by atoms with Crippen molar-refractivity contribution in [2.24, 2.45) is 11.8 Å². The van der Waals surface area contributed by atoms with Crippen molar-refractivity contribution in [3.63, 3.8) is 0 Å². The molecule has 2 saturated heterocycles. The Balaban J connectivity index is 0.000000217. The van der Waals surface area contributed by atoms with Gasteiger partial charge in [0.1, 0.15) is 0 Å². The first-order valence-corrected chi connectivity index (χ1v) is 17.4. The number of rotatable bonds is 6. The number of quaternary nitrogens is 2. The molecule has 236 valence electrons. The standard InChI is InChI=1S/C20H33N2.C15H25N2.C3H8/c1-17-4-8-19(9-5-17)16-22(3)14-12-21(13-15-22)20-10-6-18(2)7-11-20;1-4-11-17(3)12-9-16(10-13-17)15-7-5-14(2)6-8-15;1-3-2/h6-7,10-11,17,19H,4-5,8-9,12-16H2,1-3H3;5-8H,4,9-13H2,1-3H3;3H2,1-2H3/q2*+1;. The smallest absolute Gasteiger partial charge is 0.0963 e. The number of aryl methyl sites for hydroxylation is 2. The quantitative estimate of drug-likeness (QED) is 0.319. The first-order valence-electron chi connectivity index (χ1n) is 17.4. The Labute approximate surface area is 260 Å². The Morgan fingerprint density at radius 2 is 1.00 bits per heavy atom. The number of nitrogens with zero attached hydrogens (tertiary/aromatic N) is 4. The fraction of sp³-hybridized carbons (Fsp3) is 0.684. The number of piperazine rings is 2. The number of likely N-dealkylation sites (N-methyl/N-ethyl adjacent to an activating group) is 2.